The first-order valence-corrected chi connectivity index (χ1v) is 13.3. The number of halogens is 1. The molecule has 1 fully saturated rings. The number of nitrogens with zero attached hydrogens (tertiary/aromatic N) is 3. The van der Waals surface area contributed by atoms with Gasteiger partial charge in [-0.2, -0.15) is 4.73 Å². The van der Waals surface area contributed by atoms with Crippen molar-refractivity contribution in [3.8, 4) is 11.1 Å². The number of amides is 2. The van der Waals surface area contributed by atoms with Crippen LogP contribution in [0.5, 0.6) is 0 Å². The van der Waals surface area contributed by atoms with Crippen LogP contribution in [0.15, 0.2) is 48.7 Å². The highest BCUT2D eigenvalue weighted by Gasteiger charge is 2.32. The van der Waals surface area contributed by atoms with Gasteiger partial charge in [0.15, 0.2) is 11.9 Å². The molecule has 1 aliphatic heterocycles. The third-order valence-electron chi connectivity index (χ3n) is 7.86. The van der Waals surface area contributed by atoms with Crippen LogP contribution in [0.1, 0.15) is 54.0 Å². The maximum Gasteiger partial charge on any atom is 0.268 e. The maximum atomic E-state index is 15.1. The van der Waals surface area contributed by atoms with Crippen molar-refractivity contribution >= 4 is 17.5 Å². The van der Waals surface area contributed by atoms with Crippen molar-refractivity contribution in [3.63, 3.8) is 0 Å². The Balaban J connectivity index is 1.35. The topological polar surface area (TPSA) is 93.3 Å². The summed E-state index contributed by atoms with van der Waals surface area (Å²) in [5.41, 5.74) is 3.11. The molecule has 38 heavy (non-hydrogen) atoms. The molecule has 0 saturated heterocycles. The summed E-state index contributed by atoms with van der Waals surface area (Å²) < 4.78 is 17.8. The molecule has 1 aliphatic carbocycles. The second-order valence-electron chi connectivity index (χ2n) is 10.5. The molecule has 0 bridgehead atoms. The van der Waals surface area contributed by atoms with Crippen LogP contribution in [0.25, 0.3) is 11.1 Å². The summed E-state index contributed by atoms with van der Waals surface area (Å²) >= 11 is 0. The third kappa shape index (κ3) is 5.29. The van der Waals surface area contributed by atoms with Crippen LogP contribution < -0.4 is 15.4 Å². The Morgan fingerprint density at radius 3 is 2.63 bits per heavy atom. The van der Waals surface area contributed by atoms with Crippen molar-refractivity contribution in [2.75, 3.05) is 18.9 Å². The summed E-state index contributed by atoms with van der Waals surface area (Å²) in [6.45, 7) is 3.99. The lowest BCUT2D eigenvalue weighted by Gasteiger charge is -2.31. The first kappa shape index (κ1) is 25.9. The summed E-state index contributed by atoms with van der Waals surface area (Å²) in [5, 5.41) is 17.8. The van der Waals surface area contributed by atoms with Gasteiger partial charge in [0.05, 0.1) is 5.56 Å². The fraction of sp³-hybridized carbons (Fsp3) is 0.414. The smallest absolute Gasteiger partial charge is 0.268 e. The van der Waals surface area contributed by atoms with Gasteiger partial charge < -0.3 is 20.4 Å². The Morgan fingerprint density at radius 1 is 1.08 bits per heavy atom. The lowest BCUT2D eigenvalue weighted by Crippen LogP contribution is -2.49. The predicted molar refractivity (Wildman–Crippen MR) is 143 cm³/mol. The number of likely N-dealkylation sites (N-methyl/N-ethyl adjacent to an activating group) is 1. The highest BCUT2D eigenvalue weighted by Crippen LogP contribution is 2.29. The van der Waals surface area contributed by atoms with Crippen LogP contribution >= 0.6 is 0 Å². The van der Waals surface area contributed by atoms with Crippen molar-refractivity contribution < 1.29 is 18.7 Å². The van der Waals surface area contributed by atoms with E-state index in [1.165, 1.54) is 12.3 Å². The second kappa shape index (κ2) is 10.9. The zero-order valence-electron chi connectivity index (χ0n) is 21.9. The molecule has 1 atom stereocenters. The Hall–Kier alpha value is -3.72. The van der Waals surface area contributed by atoms with E-state index in [9.17, 15) is 14.8 Å². The van der Waals surface area contributed by atoms with Crippen LogP contribution in [-0.2, 0) is 17.9 Å². The number of fused-ring (bicyclic) bond motifs is 1. The van der Waals surface area contributed by atoms with Gasteiger partial charge in [-0.25, -0.2) is 4.39 Å². The summed E-state index contributed by atoms with van der Waals surface area (Å²) in [6, 6.07) is 10.8. The zero-order valence-corrected chi connectivity index (χ0v) is 21.9. The van der Waals surface area contributed by atoms with E-state index in [0.29, 0.717) is 27.4 Å². The first-order valence-electron chi connectivity index (χ1n) is 13.3. The van der Waals surface area contributed by atoms with Crippen LogP contribution in [-0.4, -0.2) is 40.9 Å². The molecule has 9 heteroatoms. The molecule has 200 valence electrons. The molecule has 1 aromatic carbocycles. The van der Waals surface area contributed by atoms with Gasteiger partial charge >= 0.3 is 0 Å². The monoisotopic (exact) mass is 519 g/mol. The first-order chi connectivity index (χ1) is 18.3. The molecule has 2 N–H and O–H groups in total. The SMILES string of the molecule is Cc1c(-c2ccc(NC(=O)[C@@H](NC(=O)c3ccc4n3CCN(C)C4)C3CCCCC3)cc2F)ccc[n+]1[O-]. The number of benzene rings is 1. The minimum atomic E-state index is -0.723. The number of anilines is 1. The summed E-state index contributed by atoms with van der Waals surface area (Å²) in [7, 11) is 2.05. The Labute approximate surface area is 222 Å². The Morgan fingerprint density at radius 2 is 1.87 bits per heavy atom. The molecule has 8 nitrogen and oxygen atoms in total. The molecule has 0 unspecified atom stereocenters. The predicted octanol–water partition coefficient (Wildman–Crippen LogP) is 4.00. The largest absolute Gasteiger partial charge is 0.618 e. The number of hydrogen-bond acceptors (Lipinski definition) is 4. The fourth-order valence-corrected chi connectivity index (χ4v) is 5.70. The standard InChI is InChI=1S/C29H34FN5O3/c1-19-23(9-6-14-35(19)38)24-12-10-21(17-25(24)30)31-29(37)27(20-7-4-3-5-8-20)32-28(36)26-13-11-22-18-33(2)15-16-34(22)26/h6,9-14,17,20,27H,3-5,7-8,15-16,18H2,1-2H3,(H,31,37)(H,32,36)/t27-/m0/s1. The zero-order chi connectivity index (χ0) is 26.8. The molecular weight excluding hydrogens is 485 g/mol. The van der Waals surface area contributed by atoms with Gasteiger partial charge in [-0.1, -0.05) is 19.3 Å². The molecule has 2 aromatic heterocycles. The van der Waals surface area contributed by atoms with E-state index in [2.05, 4.69) is 22.6 Å². The van der Waals surface area contributed by atoms with Gasteiger partial charge in [-0.3, -0.25) is 14.5 Å². The lowest BCUT2D eigenvalue weighted by molar-refractivity contribution is -0.611. The van der Waals surface area contributed by atoms with E-state index in [-0.39, 0.29) is 23.3 Å². The number of hydrogen-bond donors (Lipinski definition) is 2. The van der Waals surface area contributed by atoms with Gasteiger partial charge in [0.1, 0.15) is 17.6 Å². The molecule has 2 amide bonds. The van der Waals surface area contributed by atoms with Gasteiger partial charge in [0.2, 0.25) is 5.91 Å². The normalized spacial score (nSPS) is 17.0. The highest BCUT2D eigenvalue weighted by atomic mass is 19.1. The molecular formula is C29H34FN5O3. The molecule has 0 radical (unpaired) electrons. The van der Waals surface area contributed by atoms with E-state index >= 15 is 4.39 Å². The van der Waals surface area contributed by atoms with Crippen LogP contribution in [0.4, 0.5) is 10.1 Å². The van der Waals surface area contributed by atoms with Gasteiger partial charge in [-0.05, 0) is 62.2 Å². The Kier molecular flexibility index (Phi) is 7.46. The van der Waals surface area contributed by atoms with Crippen molar-refractivity contribution in [1.82, 2.24) is 14.8 Å². The van der Waals surface area contributed by atoms with Gasteiger partial charge in [-0.15, -0.1) is 0 Å². The molecule has 1 saturated carbocycles. The van der Waals surface area contributed by atoms with E-state index in [1.807, 2.05) is 16.7 Å². The number of aromatic nitrogens is 2. The van der Waals surface area contributed by atoms with Gasteiger partial charge in [0.25, 0.3) is 5.91 Å². The van der Waals surface area contributed by atoms with Crippen molar-refractivity contribution in [2.45, 2.75) is 58.2 Å². The van der Waals surface area contributed by atoms with Crippen molar-refractivity contribution in [2.24, 2.45) is 5.92 Å². The van der Waals surface area contributed by atoms with E-state index < -0.39 is 11.9 Å². The second-order valence-corrected chi connectivity index (χ2v) is 10.5. The molecule has 0 spiro atoms. The Bertz CT molecular complexity index is 1350. The average Bonchev–Trinajstić information content (AvgIpc) is 3.33. The number of nitrogens with one attached hydrogen (secondary N) is 2. The van der Waals surface area contributed by atoms with Crippen molar-refractivity contribution in [3.05, 3.63) is 76.8 Å². The van der Waals surface area contributed by atoms with Crippen molar-refractivity contribution in [1.29, 1.82) is 0 Å². The molecule has 2 aliphatic rings. The van der Waals surface area contributed by atoms with Crippen LogP contribution in [0.3, 0.4) is 0 Å². The van der Waals surface area contributed by atoms with Crippen LogP contribution in [0, 0.1) is 23.9 Å². The molecule has 3 heterocycles. The fourth-order valence-electron chi connectivity index (χ4n) is 5.70. The number of rotatable bonds is 6. The average molecular weight is 520 g/mol. The number of carbonyl (C=O) groups excluding carboxylic acids is 2. The number of pyridine rings is 1. The summed E-state index contributed by atoms with van der Waals surface area (Å²) in [4.78, 5) is 29.1. The lowest BCUT2D eigenvalue weighted by atomic mass is 9.83. The van der Waals surface area contributed by atoms with Gasteiger partial charge in [0, 0.05) is 49.6 Å². The quantitative estimate of drug-likeness (QED) is 0.380. The van der Waals surface area contributed by atoms with E-state index in [0.717, 1.165) is 57.4 Å². The third-order valence-corrected chi connectivity index (χ3v) is 7.86. The molecule has 5 rings (SSSR count). The summed E-state index contributed by atoms with van der Waals surface area (Å²) in [5.74, 6) is -1.15. The summed E-state index contributed by atoms with van der Waals surface area (Å²) in [6.07, 6.45) is 6.21. The number of carbonyl (C=O) groups is 2. The minimum absolute atomic E-state index is 0.0122. The minimum Gasteiger partial charge on any atom is -0.618 e. The van der Waals surface area contributed by atoms with Crippen LogP contribution in [0.2, 0.25) is 0 Å². The van der Waals surface area contributed by atoms with E-state index in [1.54, 1.807) is 31.2 Å². The maximum absolute atomic E-state index is 15.1. The molecule has 3 aromatic rings. The highest BCUT2D eigenvalue weighted by molar-refractivity contribution is 6.01. The van der Waals surface area contributed by atoms with E-state index in [4.69, 9.17) is 0 Å².